The van der Waals surface area contributed by atoms with Crippen LogP contribution in [0.15, 0.2) is 23.1 Å². The lowest BCUT2D eigenvalue weighted by atomic mass is 10.3. The Balaban J connectivity index is 1.71. The highest BCUT2D eigenvalue weighted by molar-refractivity contribution is 7.98. The van der Waals surface area contributed by atoms with Crippen LogP contribution in [0, 0.1) is 0 Å². The van der Waals surface area contributed by atoms with Crippen LogP contribution in [-0.4, -0.2) is 20.2 Å². The fraction of sp³-hybridized carbons (Fsp3) is 0.364. The third kappa shape index (κ3) is 2.44. The molecule has 18 heavy (non-hydrogen) atoms. The summed E-state index contributed by atoms with van der Waals surface area (Å²) in [6.45, 7) is 0. The van der Waals surface area contributed by atoms with Crippen LogP contribution >= 0.6 is 23.4 Å². The largest absolute Gasteiger partial charge is 0.399 e. The van der Waals surface area contributed by atoms with Crippen molar-refractivity contribution in [1.29, 1.82) is 0 Å². The normalized spacial score (nSPS) is 14.9. The third-order valence-corrected chi connectivity index (χ3v) is 4.26. The fourth-order valence-electron chi connectivity index (χ4n) is 1.69. The molecule has 5 nitrogen and oxygen atoms in total. The van der Waals surface area contributed by atoms with Gasteiger partial charge >= 0.3 is 0 Å². The van der Waals surface area contributed by atoms with Crippen LogP contribution in [-0.2, 0) is 5.75 Å². The molecule has 0 unspecified atom stereocenters. The number of tetrazole rings is 1. The van der Waals surface area contributed by atoms with Gasteiger partial charge in [-0.2, -0.15) is 0 Å². The first-order chi connectivity index (χ1) is 8.74. The van der Waals surface area contributed by atoms with Gasteiger partial charge in [-0.1, -0.05) is 11.6 Å². The lowest BCUT2D eigenvalue weighted by Gasteiger charge is -2.05. The van der Waals surface area contributed by atoms with Crippen molar-refractivity contribution in [2.75, 3.05) is 5.73 Å². The van der Waals surface area contributed by atoms with Gasteiger partial charge in [0.25, 0.3) is 0 Å². The molecule has 0 radical (unpaired) electrons. The zero-order valence-electron chi connectivity index (χ0n) is 9.58. The third-order valence-electron chi connectivity index (χ3n) is 2.77. The Morgan fingerprint density at radius 2 is 2.28 bits per heavy atom. The summed E-state index contributed by atoms with van der Waals surface area (Å²) in [5, 5.41) is 12.5. The molecule has 0 amide bonds. The molecule has 1 aliphatic rings. The van der Waals surface area contributed by atoms with E-state index in [1.165, 1.54) is 12.8 Å². The van der Waals surface area contributed by atoms with Crippen LogP contribution < -0.4 is 5.73 Å². The number of anilines is 1. The summed E-state index contributed by atoms with van der Waals surface area (Å²) in [6, 6.07) is 6.02. The smallest absolute Gasteiger partial charge is 0.161 e. The molecule has 1 fully saturated rings. The van der Waals surface area contributed by atoms with Gasteiger partial charge in [-0.25, -0.2) is 4.68 Å². The average molecular weight is 282 g/mol. The molecular weight excluding hydrogens is 270 g/mol. The minimum absolute atomic E-state index is 0.498. The molecule has 0 bridgehead atoms. The van der Waals surface area contributed by atoms with Crippen molar-refractivity contribution in [2.24, 2.45) is 0 Å². The molecule has 2 N–H and O–H groups in total. The molecular formula is C11H12ClN5S. The average Bonchev–Trinajstić information content (AvgIpc) is 3.08. The molecule has 7 heteroatoms. The summed E-state index contributed by atoms with van der Waals surface area (Å²) in [7, 11) is 0. The van der Waals surface area contributed by atoms with E-state index in [0.717, 1.165) is 10.7 Å². The number of thioether (sulfide) groups is 1. The van der Waals surface area contributed by atoms with Crippen LogP contribution in [0.25, 0.3) is 0 Å². The SMILES string of the molecule is Nc1ccc(SCc2nnnn2C2CC2)c(Cl)c1. The Kier molecular flexibility index (Phi) is 3.13. The van der Waals surface area contributed by atoms with Gasteiger partial charge in [-0.15, -0.1) is 16.9 Å². The summed E-state index contributed by atoms with van der Waals surface area (Å²) in [4.78, 5) is 0.996. The molecule has 1 heterocycles. The van der Waals surface area contributed by atoms with Gasteiger partial charge in [0.2, 0.25) is 0 Å². The Labute approximate surface area is 114 Å². The number of rotatable bonds is 4. The van der Waals surface area contributed by atoms with Gasteiger partial charge in [0.1, 0.15) is 0 Å². The van der Waals surface area contributed by atoms with Crippen LogP contribution in [0.1, 0.15) is 24.7 Å². The topological polar surface area (TPSA) is 69.6 Å². The number of nitrogens with two attached hydrogens (primary N) is 1. The van der Waals surface area contributed by atoms with Crippen molar-refractivity contribution < 1.29 is 0 Å². The summed E-state index contributed by atoms with van der Waals surface area (Å²) in [5.74, 6) is 1.61. The Morgan fingerprint density at radius 3 is 3.00 bits per heavy atom. The van der Waals surface area contributed by atoms with E-state index in [2.05, 4.69) is 15.5 Å². The second kappa shape index (κ2) is 4.78. The molecule has 94 valence electrons. The van der Waals surface area contributed by atoms with Gasteiger partial charge in [-0.05, 0) is 41.5 Å². The lowest BCUT2D eigenvalue weighted by Crippen LogP contribution is -2.02. The molecule has 0 aliphatic heterocycles. The Morgan fingerprint density at radius 1 is 1.44 bits per heavy atom. The van der Waals surface area contributed by atoms with E-state index in [4.69, 9.17) is 17.3 Å². The second-order valence-electron chi connectivity index (χ2n) is 4.25. The molecule has 0 spiro atoms. The minimum atomic E-state index is 0.498. The molecule has 1 aromatic carbocycles. The van der Waals surface area contributed by atoms with Crippen molar-refractivity contribution in [1.82, 2.24) is 20.2 Å². The molecule has 0 atom stereocenters. The van der Waals surface area contributed by atoms with Crippen LogP contribution in [0.2, 0.25) is 5.02 Å². The Bertz CT molecular complexity index is 566. The van der Waals surface area contributed by atoms with E-state index in [9.17, 15) is 0 Å². The molecule has 1 aromatic heterocycles. The predicted molar refractivity (Wildman–Crippen MR) is 71.5 cm³/mol. The van der Waals surface area contributed by atoms with Gasteiger partial charge in [0, 0.05) is 10.6 Å². The molecule has 2 aromatic rings. The van der Waals surface area contributed by atoms with Gasteiger partial charge < -0.3 is 5.73 Å². The fourth-order valence-corrected chi connectivity index (χ4v) is 2.87. The summed E-state index contributed by atoms with van der Waals surface area (Å²) >= 11 is 7.75. The molecule has 3 rings (SSSR count). The molecule has 1 saturated carbocycles. The monoisotopic (exact) mass is 281 g/mol. The first-order valence-corrected chi connectivity index (χ1v) is 7.05. The van der Waals surface area contributed by atoms with E-state index in [1.807, 2.05) is 16.8 Å². The van der Waals surface area contributed by atoms with Crippen molar-refractivity contribution in [3.05, 3.63) is 29.0 Å². The van der Waals surface area contributed by atoms with Crippen molar-refractivity contribution in [3.8, 4) is 0 Å². The Hall–Kier alpha value is -1.27. The number of benzene rings is 1. The van der Waals surface area contributed by atoms with Gasteiger partial charge in [-0.3, -0.25) is 0 Å². The molecule has 1 aliphatic carbocycles. The maximum atomic E-state index is 6.13. The second-order valence-corrected chi connectivity index (χ2v) is 5.67. The zero-order valence-corrected chi connectivity index (χ0v) is 11.2. The number of nitrogens with zero attached hydrogens (tertiary/aromatic N) is 4. The van der Waals surface area contributed by atoms with Crippen molar-refractivity contribution in [3.63, 3.8) is 0 Å². The van der Waals surface area contributed by atoms with Gasteiger partial charge in [0.15, 0.2) is 5.82 Å². The zero-order chi connectivity index (χ0) is 12.5. The first kappa shape index (κ1) is 11.8. The number of halogens is 1. The number of aromatic nitrogens is 4. The highest BCUT2D eigenvalue weighted by Gasteiger charge is 2.27. The lowest BCUT2D eigenvalue weighted by molar-refractivity contribution is 0.593. The van der Waals surface area contributed by atoms with Crippen LogP contribution in [0.3, 0.4) is 0 Å². The summed E-state index contributed by atoms with van der Waals surface area (Å²) in [6.07, 6.45) is 2.34. The van der Waals surface area contributed by atoms with Gasteiger partial charge in [0.05, 0.1) is 16.8 Å². The summed E-state index contributed by atoms with van der Waals surface area (Å²) < 4.78 is 1.91. The van der Waals surface area contributed by atoms with E-state index in [-0.39, 0.29) is 0 Å². The van der Waals surface area contributed by atoms with Crippen LogP contribution in [0.5, 0.6) is 0 Å². The van der Waals surface area contributed by atoms with Crippen molar-refractivity contribution >= 4 is 29.1 Å². The predicted octanol–water partition coefficient (Wildman–Crippen LogP) is 2.54. The standard InChI is InChI=1S/C11H12ClN5S/c12-9-5-7(13)1-4-10(9)18-6-11-14-15-16-17(11)8-2-3-8/h1,4-5,8H,2-3,6,13H2. The number of hydrogen-bond acceptors (Lipinski definition) is 5. The highest BCUT2D eigenvalue weighted by atomic mass is 35.5. The maximum Gasteiger partial charge on any atom is 0.161 e. The van der Waals surface area contributed by atoms with E-state index >= 15 is 0 Å². The quantitative estimate of drug-likeness (QED) is 0.689. The van der Waals surface area contributed by atoms with Crippen molar-refractivity contribution in [2.45, 2.75) is 29.5 Å². The number of nitrogen functional groups attached to an aromatic ring is 1. The minimum Gasteiger partial charge on any atom is -0.399 e. The maximum absolute atomic E-state index is 6.13. The highest BCUT2D eigenvalue weighted by Crippen LogP contribution is 2.36. The van der Waals surface area contributed by atoms with E-state index < -0.39 is 0 Å². The number of hydrogen-bond donors (Lipinski definition) is 1. The molecule has 0 saturated heterocycles. The summed E-state index contributed by atoms with van der Waals surface area (Å²) in [5.41, 5.74) is 6.33. The van der Waals surface area contributed by atoms with E-state index in [0.29, 0.717) is 22.5 Å². The van der Waals surface area contributed by atoms with E-state index in [1.54, 1.807) is 17.8 Å². The van der Waals surface area contributed by atoms with Crippen LogP contribution in [0.4, 0.5) is 5.69 Å². The first-order valence-electron chi connectivity index (χ1n) is 5.68.